The number of rotatable bonds is 3. The zero-order valence-corrected chi connectivity index (χ0v) is 16.3. The number of fused-ring (bicyclic) bond motifs is 2. The van der Waals surface area contributed by atoms with Crippen LogP contribution in [0.3, 0.4) is 0 Å². The fraction of sp³-hybridized carbons (Fsp3) is 0.0455. The normalized spacial score (nSPS) is 12.2. The Bertz CT molecular complexity index is 1280. The monoisotopic (exact) mass is 420 g/mol. The summed E-state index contributed by atoms with van der Waals surface area (Å²) in [5.41, 5.74) is -0.269. The number of carbonyl (C=O) groups excluding carboxylic acids is 3. The standard InChI is InChI=1S/C22H13ClN2O5/c1-11-16(23)7-4-8-17(11)24-22(28)15-10-9-14-18(19(15)25(29)30)21(27)13-6-3-2-5-12(13)20(14)26/h2-10H,1H3,(H,24,28). The second-order valence-corrected chi connectivity index (χ2v) is 7.12. The molecule has 0 bridgehead atoms. The van der Waals surface area contributed by atoms with Gasteiger partial charge in [0.15, 0.2) is 5.78 Å². The van der Waals surface area contributed by atoms with Crippen molar-refractivity contribution in [3.05, 3.63) is 103 Å². The SMILES string of the molecule is Cc1c(Cl)cccc1NC(=O)c1ccc2c(c1[N+](=O)[O-])C(=O)c1ccccc1C2=O. The third-order valence-electron chi connectivity index (χ3n) is 5.01. The van der Waals surface area contributed by atoms with Gasteiger partial charge in [-0.2, -0.15) is 0 Å². The number of halogens is 1. The van der Waals surface area contributed by atoms with E-state index >= 15 is 0 Å². The number of nitro benzene ring substituents is 1. The van der Waals surface area contributed by atoms with Crippen LogP contribution in [0.5, 0.6) is 0 Å². The quantitative estimate of drug-likeness (QED) is 0.385. The van der Waals surface area contributed by atoms with Crippen LogP contribution in [0.2, 0.25) is 5.02 Å². The van der Waals surface area contributed by atoms with Crippen LogP contribution in [0.4, 0.5) is 11.4 Å². The first-order valence-corrected chi connectivity index (χ1v) is 9.25. The zero-order valence-electron chi connectivity index (χ0n) is 15.6. The smallest absolute Gasteiger partial charge is 0.294 e. The van der Waals surface area contributed by atoms with Gasteiger partial charge in [0, 0.05) is 27.4 Å². The van der Waals surface area contributed by atoms with Crippen molar-refractivity contribution in [2.45, 2.75) is 6.92 Å². The number of amides is 1. The Morgan fingerprint density at radius 1 is 0.933 bits per heavy atom. The summed E-state index contributed by atoms with van der Waals surface area (Å²) in [5.74, 6) is -1.95. The number of hydrogen-bond donors (Lipinski definition) is 1. The molecule has 0 spiro atoms. The fourth-order valence-corrected chi connectivity index (χ4v) is 3.65. The van der Waals surface area contributed by atoms with Gasteiger partial charge in [0.1, 0.15) is 11.1 Å². The van der Waals surface area contributed by atoms with Gasteiger partial charge >= 0.3 is 0 Å². The van der Waals surface area contributed by atoms with Gasteiger partial charge in [0.25, 0.3) is 11.6 Å². The molecule has 1 N–H and O–H groups in total. The van der Waals surface area contributed by atoms with Gasteiger partial charge in [-0.15, -0.1) is 0 Å². The second kappa shape index (κ2) is 7.20. The van der Waals surface area contributed by atoms with Gasteiger partial charge in [-0.05, 0) is 36.8 Å². The maximum atomic E-state index is 13.0. The Balaban J connectivity index is 1.86. The molecule has 3 aromatic carbocycles. The molecule has 30 heavy (non-hydrogen) atoms. The predicted octanol–water partition coefficient (Wildman–Crippen LogP) is 4.58. The van der Waals surface area contributed by atoms with Crippen molar-refractivity contribution in [1.29, 1.82) is 0 Å². The topological polar surface area (TPSA) is 106 Å². The lowest BCUT2D eigenvalue weighted by Gasteiger charge is -2.18. The number of ketones is 2. The number of nitrogens with zero attached hydrogens (tertiary/aromatic N) is 1. The molecule has 4 rings (SSSR count). The highest BCUT2D eigenvalue weighted by Gasteiger charge is 2.38. The summed E-state index contributed by atoms with van der Waals surface area (Å²) >= 11 is 6.06. The van der Waals surface area contributed by atoms with Crippen LogP contribution in [0.1, 0.15) is 47.8 Å². The molecule has 0 aliphatic heterocycles. The molecular weight excluding hydrogens is 408 g/mol. The summed E-state index contributed by atoms with van der Waals surface area (Å²) in [4.78, 5) is 49.7. The van der Waals surface area contributed by atoms with Gasteiger partial charge in [-0.1, -0.05) is 41.9 Å². The Morgan fingerprint density at radius 2 is 1.60 bits per heavy atom. The van der Waals surface area contributed by atoms with Crippen molar-refractivity contribution >= 4 is 40.4 Å². The van der Waals surface area contributed by atoms with Crippen LogP contribution in [-0.2, 0) is 0 Å². The van der Waals surface area contributed by atoms with Gasteiger partial charge in [0.05, 0.1) is 4.92 Å². The molecule has 1 amide bonds. The lowest BCUT2D eigenvalue weighted by atomic mass is 9.82. The maximum Gasteiger partial charge on any atom is 0.294 e. The summed E-state index contributed by atoms with van der Waals surface area (Å²) in [5, 5.41) is 14.9. The minimum Gasteiger partial charge on any atom is -0.321 e. The number of hydrogen-bond acceptors (Lipinski definition) is 5. The van der Waals surface area contributed by atoms with Gasteiger partial charge in [-0.25, -0.2) is 0 Å². The average Bonchev–Trinajstić information content (AvgIpc) is 2.74. The Morgan fingerprint density at radius 3 is 2.27 bits per heavy atom. The summed E-state index contributed by atoms with van der Waals surface area (Å²) < 4.78 is 0. The fourth-order valence-electron chi connectivity index (χ4n) is 3.47. The number of benzene rings is 3. The van der Waals surface area contributed by atoms with Crippen LogP contribution in [0.15, 0.2) is 54.6 Å². The van der Waals surface area contributed by atoms with Crippen LogP contribution in [0.25, 0.3) is 0 Å². The Kier molecular flexibility index (Phi) is 4.67. The second-order valence-electron chi connectivity index (χ2n) is 6.71. The Labute approximate surface area is 175 Å². The van der Waals surface area contributed by atoms with E-state index in [0.717, 1.165) is 0 Å². The molecular formula is C22H13ClN2O5. The molecule has 0 fully saturated rings. The van der Waals surface area contributed by atoms with Crippen LogP contribution >= 0.6 is 11.6 Å². The molecule has 0 heterocycles. The molecule has 1 aliphatic rings. The third kappa shape index (κ3) is 2.96. The van der Waals surface area contributed by atoms with Gasteiger partial charge < -0.3 is 5.32 Å². The number of anilines is 1. The first kappa shape index (κ1) is 19.5. The van der Waals surface area contributed by atoms with Crippen LogP contribution in [0, 0.1) is 17.0 Å². The van der Waals surface area contributed by atoms with Crippen LogP contribution < -0.4 is 5.32 Å². The van der Waals surface area contributed by atoms with E-state index in [0.29, 0.717) is 16.3 Å². The maximum absolute atomic E-state index is 13.0. The predicted molar refractivity (Wildman–Crippen MR) is 111 cm³/mol. The summed E-state index contributed by atoms with van der Waals surface area (Å²) in [6.07, 6.45) is 0. The highest BCUT2D eigenvalue weighted by Crippen LogP contribution is 2.36. The number of carbonyl (C=O) groups is 3. The van der Waals surface area contributed by atoms with Crippen molar-refractivity contribution in [2.24, 2.45) is 0 Å². The molecule has 0 saturated carbocycles. The third-order valence-corrected chi connectivity index (χ3v) is 5.42. The average molecular weight is 421 g/mol. The lowest BCUT2D eigenvalue weighted by Crippen LogP contribution is -2.24. The van der Waals surface area contributed by atoms with E-state index in [1.54, 1.807) is 37.3 Å². The van der Waals surface area contributed by atoms with Crippen molar-refractivity contribution in [1.82, 2.24) is 0 Å². The van der Waals surface area contributed by atoms with Gasteiger partial charge in [0.2, 0.25) is 5.78 Å². The highest BCUT2D eigenvalue weighted by atomic mass is 35.5. The summed E-state index contributed by atoms with van der Waals surface area (Å²) in [7, 11) is 0. The molecule has 0 saturated heterocycles. The van der Waals surface area contributed by atoms with Crippen LogP contribution in [-0.4, -0.2) is 22.4 Å². The minimum atomic E-state index is -0.808. The van der Waals surface area contributed by atoms with E-state index in [4.69, 9.17) is 11.6 Å². The largest absolute Gasteiger partial charge is 0.321 e. The van der Waals surface area contributed by atoms with Crippen molar-refractivity contribution in [3.63, 3.8) is 0 Å². The molecule has 0 radical (unpaired) electrons. The van der Waals surface area contributed by atoms with E-state index in [9.17, 15) is 24.5 Å². The molecule has 7 nitrogen and oxygen atoms in total. The molecule has 0 unspecified atom stereocenters. The zero-order chi connectivity index (χ0) is 21.6. The molecule has 0 aromatic heterocycles. The minimum absolute atomic E-state index is 0.0707. The Hall–Kier alpha value is -3.84. The molecule has 3 aromatic rings. The van der Waals surface area contributed by atoms with E-state index in [1.807, 2.05) is 0 Å². The number of nitrogens with one attached hydrogen (secondary N) is 1. The van der Waals surface area contributed by atoms with Gasteiger partial charge in [-0.3, -0.25) is 24.5 Å². The first-order valence-electron chi connectivity index (χ1n) is 8.87. The highest BCUT2D eigenvalue weighted by molar-refractivity contribution is 6.32. The van der Waals surface area contributed by atoms with Crippen molar-refractivity contribution in [3.8, 4) is 0 Å². The molecule has 8 heteroatoms. The van der Waals surface area contributed by atoms with E-state index in [2.05, 4.69) is 5.32 Å². The first-order chi connectivity index (χ1) is 14.3. The molecule has 1 aliphatic carbocycles. The van der Waals surface area contributed by atoms with Crippen molar-refractivity contribution < 1.29 is 19.3 Å². The molecule has 148 valence electrons. The van der Waals surface area contributed by atoms with Crippen molar-refractivity contribution in [2.75, 3.05) is 5.32 Å². The van der Waals surface area contributed by atoms with E-state index < -0.39 is 28.1 Å². The molecule has 0 atom stereocenters. The van der Waals surface area contributed by atoms with E-state index in [1.165, 1.54) is 24.3 Å². The lowest BCUT2D eigenvalue weighted by molar-refractivity contribution is -0.385. The summed E-state index contributed by atoms with van der Waals surface area (Å²) in [6, 6.07) is 13.5. The van der Waals surface area contributed by atoms with E-state index in [-0.39, 0.29) is 27.8 Å². The summed E-state index contributed by atoms with van der Waals surface area (Å²) in [6.45, 7) is 1.69. The number of nitro groups is 1.